The van der Waals surface area contributed by atoms with Crippen molar-refractivity contribution in [2.45, 2.75) is 25.7 Å². The Morgan fingerprint density at radius 1 is 1.13 bits per heavy atom. The fraction of sp³-hybridized carbons (Fsp3) is 0.417. The molecule has 2 aromatic carbocycles. The fourth-order valence-electron chi connectivity index (χ4n) is 3.96. The average molecular weight is 455 g/mol. The zero-order chi connectivity index (χ0) is 21.8. The summed E-state index contributed by atoms with van der Waals surface area (Å²) in [6, 6.07) is 12.3. The van der Waals surface area contributed by atoms with Crippen LogP contribution in [-0.4, -0.2) is 60.8 Å². The Morgan fingerprint density at radius 2 is 1.87 bits per heavy atom. The predicted molar refractivity (Wildman–Crippen MR) is 133 cm³/mol. The van der Waals surface area contributed by atoms with E-state index in [0.717, 1.165) is 54.7 Å². The minimum Gasteiger partial charge on any atom is -0.351 e. The van der Waals surface area contributed by atoms with Crippen LogP contribution in [0.2, 0.25) is 0 Å². The number of nitrogens with one attached hydrogen (secondary N) is 1. The summed E-state index contributed by atoms with van der Waals surface area (Å²) in [6.07, 6.45) is 0. The number of hydrogen-bond donors (Lipinski definition) is 1. The smallest absolute Gasteiger partial charge is 0.251 e. The van der Waals surface area contributed by atoms with Gasteiger partial charge < -0.3 is 10.2 Å². The van der Waals surface area contributed by atoms with Crippen LogP contribution in [0.15, 0.2) is 41.3 Å². The number of hydrogen-bond acceptors (Lipinski definition) is 6. The molecule has 1 N–H and O–H groups in total. The highest BCUT2D eigenvalue weighted by molar-refractivity contribution is 7.99. The second-order valence-electron chi connectivity index (χ2n) is 7.97. The molecule has 1 aliphatic heterocycles. The summed E-state index contributed by atoms with van der Waals surface area (Å²) >= 11 is 3.58. The highest BCUT2D eigenvalue weighted by atomic mass is 32.2. The lowest BCUT2D eigenvalue weighted by Crippen LogP contribution is -2.48. The zero-order valence-electron chi connectivity index (χ0n) is 18.5. The van der Waals surface area contributed by atoms with Crippen molar-refractivity contribution in [3.63, 3.8) is 0 Å². The molecule has 1 aliphatic rings. The van der Waals surface area contributed by atoms with Gasteiger partial charge in [-0.2, -0.15) is 0 Å². The standard InChI is InChI=1S/C24H30N4OS2/c1-4-30-20-7-5-19(6-8-20)23(29)25-9-10-27-11-13-28(14-12-27)24-26-22-18(3)15-17(2)16-21(22)31-24/h5-8,15-16H,4,9-14H2,1-3H3,(H,25,29). The summed E-state index contributed by atoms with van der Waals surface area (Å²) in [5.41, 5.74) is 4.41. The number of aryl methyl sites for hydroxylation is 2. The van der Waals surface area contributed by atoms with Crippen LogP contribution in [0.3, 0.4) is 0 Å². The highest BCUT2D eigenvalue weighted by Gasteiger charge is 2.20. The largest absolute Gasteiger partial charge is 0.351 e. The molecule has 1 fully saturated rings. The van der Waals surface area contributed by atoms with E-state index in [0.29, 0.717) is 6.54 Å². The molecule has 0 unspecified atom stereocenters. The van der Waals surface area contributed by atoms with Crippen molar-refractivity contribution >= 4 is 44.4 Å². The number of rotatable bonds is 7. The SMILES string of the molecule is CCSc1ccc(C(=O)NCCN2CCN(c3nc4c(C)cc(C)cc4s3)CC2)cc1. The van der Waals surface area contributed by atoms with Gasteiger partial charge >= 0.3 is 0 Å². The minimum atomic E-state index is 0.00632. The Hall–Kier alpha value is -2.09. The third kappa shape index (κ3) is 5.40. The number of carbonyl (C=O) groups excluding carboxylic acids is 1. The second-order valence-corrected chi connectivity index (χ2v) is 10.3. The molecule has 0 aliphatic carbocycles. The molecule has 4 rings (SSSR count). The molecule has 5 nitrogen and oxygen atoms in total. The summed E-state index contributed by atoms with van der Waals surface area (Å²) in [7, 11) is 0. The molecular formula is C24H30N4OS2. The third-order valence-electron chi connectivity index (χ3n) is 5.60. The molecule has 31 heavy (non-hydrogen) atoms. The fourth-order valence-corrected chi connectivity index (χ4v) is 5.81. The Labute approximate surface area is 192 Å². The van der Waals surface area contributed by atoms with Crippen LogP contribution in [0.4, 0.5) is 5.13 Å². The van der Waals surface area contributed by atoms with E-state index < -0.39 is 0 Å². The summed E-state index contributed by atoms with van der Waals surface area (Å²) in [4.78, 5) is 23.3. The van der Waals surface area contributed by atoms with E-state index in [-0.39, 0.29) is 5.91 Å². The van der Waals surface area contributed by atoms with Gasteiger partial charge in [-0.25, -0.2) is 4.98 Å². The van der Waals surface area contributed by atoms with Crippen LogP contribution >= 0.6 is 23.1 Å². The lowest BCUT2D eigenvalue weighted by molar-refractivity contribution is 0.0947. The van der Waals surface area contributed by atoms with Gasteiger partial charge in [0.2, 0.25) is 0 Å². The zero-order valence-corrected chi connectivity index (χ0v) is 20.1. The molecule has 7 heteroatoms. The van der Waals surface area contributed by atoms with Crippen LogP contribution in [0, 0.1) is 13.8 Å². The first-order chi connectivity index (χ1) is 15.0. The molecule has 1 amide bonds. The van der Waals surface area contributed by atoms with Crippen molar-refractivity contribution < 1.29 is 4.79 Å². The van der Waals surface area contributed by atoms with E-state index in [1.165, 1.54) is 20.7 Å². The molecule has 0 radical (unpaired) electrons. The molecule has 0 spiro atoms. The van der Waals surface area contributed by atoms with Gasteiger partial charge in [0.15, 0.2) is 5.13 Å². The van der Waals surface area contributed by atoms with Crippen LogP contribution < -0.4 is 10.2 Å². The Balaban J connectivity index is 1.24. The van der Waals surface area contributed by atoms with Crippen LogP contribution in [0.25, 0.3) is 10.2 Å². The monoisotopic (exact) mass is 454 g/mol. The summed E-state index contributed by atoms with van der Waals surface area (Å²) in [5, 5.41) is 4.18. The summed E-state index contributed by atoms with van der Waals surface area (Å²) in [5.74, 6) is 1.05. The molecule has 3 aromatic rings. The van der Waals surface area contributed by atoms with Gasteiger partial charge in [-0.1, -0.05) is 24.3 Å². The third-order valence-corrected chi connectivity index (χ3v) is 7.56. The topological polar surface area (TPSA) is 48.5 Å². The number of nitrogens with zero attached hydrogens (tertiary/aromatic N) is 3. The lowest BCUT2D eigenvalue weighted by atomic mass is 10.1. The van der Waals surface area contributed by atoms with Crippen molar-refractivity contribution in [2.75, 3.05) is 49.9 Å². The van der Waals surface area contributed by atoms with Gasteiger partial charge in [-0.05, 0) is 61.1 Å². The number of aromatic nitrogens is 1. The van der Waals surface area contributed by atoms with Gasteiger partial charge in [0.1, 0.15) is 0 Å². The maximum absolute atomic E-state index is 12.4. The molecule has 164 valence electrons. The first kappa shape index (κ1) is 22.1. The van der Waals surface area contributed by atoms with Crippen molar-refractivity contribution in [3.05, 3.63) is 53.1 Å². The van der Waals surface area contributed by atoms with E-state index in [4.69, 9.17) is 4.98 Å². The number of fused-ring (bicyclic) bond motifs is 1. The van der Waals surface area contributed by atoms with Crippen LogP contribution in [0.5, 0.6) is 0 Å². The van der Waals surface area contributed by atoms with Crippen molar-refractivity contribution in [1.29, 1.82) is 0 Å². The Kier molecular flexibility index (Phi) is 7.15. The van der Waals surface area contributed by atoms with Crippen molar-refractivity contribution in [1.82, 2.24) is 15.2 Å². The minimum absolute atomic E-state index is 0.00632. The molecule has 1 saturated heterocycles. The average Bonchev–Trinajstić information content (AvgIpc) is 3.19. The first-order valence-corrected chi connectivity index (χ1v) is 12.7. The maximum Gasteiger partial charge on any atom is 0.251 e. The first-order valence-electron chi connectivity index (χ1n) is 10.9. The predicted octanol–water partition coefficient (Wildman–Crippen LogP) is 4.58. The number of thioether (sulfide) groups is 1. The highest BCUT2D eigenvalue weighted by Crippen LogP contribution is 2.32. The van der Waals surface area contributed by atoms with Crippen molar-refractivity contribution in [2.24, 2.45) is 0 Å². The van der Waals surface area contributed by atoms with E-state index >= 15 is 0 Å². The molecule has 0 bridgehead atoms. The molecule has 0 saturated carbocycles. The van der Waals surface area contributed by atoms with Crippen LogP contribution in [-0.2, 0) is 0 Å². The summed E-state index contributed by atoms with van der Waals surface area (Å²) < 4.78 is 1.28. The molecular weight excluding hydrogens is 424 g/mol. The molecule has 1 aromatic heterocycles. The number of anilines is 1. The Morgan fingerprint density at radius 3 is 2.58 bits per heavy atom. The van der Waals surface area contributed by atoms with Gasteiger partial charge in [-0.15, -0.1) is 11.8 Å². The van der Waals surface area contributed by atoms with E-state index in [1.54, 1.807) is 23.1 Å². The van der Waals surface area contributed by atoms with Crippen molar-refractivity contribution in [3.8, 4) is 0 Å². The Bertz CT molecular complexity index is 1040. The van der Waals surface area contributed by atoms with Gasteiger partial charge in [0.05, 0.1) is 10.2 Å². The maximum atomic E-state index is 12.4. The normalized spacial score (nSPS) is 14.9. The lowest BCUT2D eigenvalue weighted by Gasteiger charge is -2.34. The number of benzene rings is 2. The van der Waals surface area contributed by atoms with Gasteiger partial charge in [0, 0.05) is 49.7 Å². The molecule has 0 atom stereocenters. The van der Waals surface area contributed by atoms with E-state index in [1.807, 2.05) is 24.3 Å². The second kappa shape index (κ2) is 10.0. The van der Waals surface area contributed by atoms with Gasteiger partial charge in [0.25, 0.3) is 5.91 Å². The summed E-state index contributed by atoms with van der Waals surface area (Å²) in [6.45, 7) is 11.9. The van der Waals surface area contributed by atoms with Gasteiger partial charge in [-0.3, -0.25) is 9.69 Å². The van der Waals surface area contributed by atoms with E-state index in [2.05, 4.69) is 48.0 Å². The quantitative estimate of drug-likeness (QED) is 0.530. The number of piperazine rings is 1. The number of amides is 1. The van der Waals surface area contributed by atoms with Crippen LogP contribution in [0.1, 0.15) is 28.4 Å². The van der Waals surface area contributed by atoms with E-state index in [9.17, 15) is 4.79 Å². The number of thiazole rings is 1. The molecule has 2 heterocycles. The number of carbonyl (C=O) groups is 1.